The zero-order chi connectivity index (χ0) is 14.7. The minimum Gasteiger partial charge on any atom is -0.483 e. The maximum absolute atomic E-state index is 6.12. The van der Waals surface area contributed by atoms with Crippen molar-refractivity contribution in [2.24, 2.45) is 0 Å². The lowest BCUT2D eigenvalue weighted by Crippen LogP contribution is -2.58. The summed E-state index contributed by atoms with van der Waals surface area (Å²) in [5.41, 5.74) is 2.15. The number of aromatic nitrogens is 3. The molecule has 5 nitrogen and oxygen atoms in total. The van der Waals surface area contributed by atoms with Gasteiger partial charge in [-0.15, -0.1) is 0 Å². The van der Waals surface area contributed by atoms with Gasteiger partial charge in [0, 0.05) is 11.6 Å². The van der Waals surface area contributed by atoms with Crippen LogP contribution in [0.25, 0.3) is 5.65 Å². The van der Waals surface area contributed by atoms with E-state index in [-0.39, 0.29) is 0 Å². The first-order valence-corrected chi connectivity index (χ1v) is 7.89. The molecule has 2 aliphatic rings. The lowest BCUT2D eigenvalue weighted by atomic mass is 9.85. The van der Waals surface area contributed by atoms with Crippen LogP contribution in [0.4, 0.5) is 5.82 Å². The molecule has 1 fully saturated rings. The minimum atomic E-state index is 0.319. The molecule has 0 saturated heterocycles. The number of fused-ring (bicyclic) bond motifs is 3. The molecule has 2 aromatic rings. The van der Waals surface area contributed by atoms with E-state index in [1.54, 1.807) is 0 Å². The fourth-order valence-corrected chi connectivity index (χ4v) is 3.43. The highest BCUT2D eigenvalue weighted by molar-refractivity contribution is 5.63. The van der Waals surface area contributed by atoms with E-state index in [1.165, 1.54) is 12.0 Å². The molecule has 5 heteroatoms. The Hall–Kier alpha value is -1.78. The number of nitrogens with zero attached hydrogens (tertiary/aromatic N) is 4. The Morgan fingerprint density at radius 3 is 2.67 bits per heavy atom. The van der Waals surface area contributed by atoms with Gasteiger partial charge in [-0.05, 0) is 32.6 Å². The zero-order valence-corrected chi connectivity index (χ0v) is 13.1. The van der Waals surface area contributed by atoms with Crippen LogP contribution in [-0.2, 0) is 0 Å². The second-order valence-electron chi connectivity index (χ2n) is 6.75. The van der Waals surface area contributed by atoms with Crippen molar-refractivity contribution in [1.82, 2.24) is 14.6 Å². The maximum atomic E-state index is 6.12. The molecule has 0 spiro atoms. The predicted molar refractivity (Wildman–Crippen MR) is 82.1 cm³/mol. The fraction of sp³-hybridized carbons (Fsp3) is 0.625. The molecule has 112 valence electrons. The van der Waals surface area contributed by atoms with Gasteiger partial charge in [-0.2, -0.15) is 5.10 Å². The fourth-order valence-electron chi connectivity index (χ4n) is 3.43. The molecule has 0 amide bonds. The van der Waals surface area contributed by atoms with Crippen LogP contribution in [0.5, 0.6) is 5.75 Å². The summed E-state index contributed by atoms with van der Waals surface area (Å²) in [5.74, 6) is 2.28. The van der Waals surface area contributed by atoms with Crippen molar-refractivity contribution in [3.63, 3.8) is 0 Å². The third-order valence-corrected chi connectivity index (χ3v) is 4.70. The van der Waals surface area contributed by atoms with Gasteiger partial charge in [0.25, 0.3) is 0 Å². The molecular weight excluding hydrogens is 264 g/mol. The molecule has 1 saturated carbocycles. The second-order valence-corrected chi connectivity index (χ2v) is 6.75. The van der Waals surface area contributed by atoms with Gasteiger partial charge in [0.15, 0.2) is 17.2 Å². The van der Waals surface area contributed by atoms with Crippen molar-refractivity contribution < 1.29 is 4.74 Å². The van der Waals surface area contributed by atoms with Crippen molar-refractivity contribution in [2.45, 2.75) is 64.6 Å². The quantitative estimate of drug-likeness (QED) is 0.851. The molecule has 1 aliphatic heterocycles. The summed E-state index contributed by atoms with van der Waals surface area (Å²) in [6.45, 7) is 8.82. The summed E-state index contributed by atoms with van der Waals surface area (Å²) >= 11 is 0. The van der Waals surface area contributed by atoms with Gasteiger partial charge in [0.2, 0.25) is 0 Å². The first-order chi connectivity index (χ1) is 10.1. The Labute approximate surface area is 124 Å². The lowest BCUT2D eigenvalue weighted by molar-refractivity contribution is 0.0689. The van der Waals surface area contributed by atoms with E-state index in [9.17, 15) is 0 Å². The van der Waals surface area contributed by atoms with Crippen molar-refractivity contribution in [3.05, 3.63) is 18.0 Å². The van der Waals surface area contributed by atoms with Crippen molar-refractivity contribution in [1.29, 1.82) is 0 Å². The summed E-state index contributed by atoms with van der Waals surface area (Å²) < 4.78 is 7.98. The smallest absolute Gasteiger partial charge is 0.180 e. The van der Waals surface area contributed by atoms with Crippen molar-refractivity contribution in [2.75, 3.05) is 4.90 Å². The molecular formula is C16H22N4O. The first kappa shape index (κ1) is 12.9. The van der Waals surface area contributed by atoms with Crippen LogP contribution in [0.15, 0.2) is 12.4 Å². The number of ether oxygens (including phenoxy) is 1. The van der Waals surface area contributed by atoms with E-state index in [0.717, 1.165) is 23.6 Å². The maximum Gasteiger partial charge on any atom is 0.180 e. The van der Waals surface area contributed by atoms with Crippen LogP contribution in [0.1, 0.15) is 52.0 Å². The van der Waals surface area contributed by atoms with Crippen molar-refractivity contribution >= 4 is 11.5 Å². The van der Waals surface area contributed by atoms with E-state index < -0.39 is 0 Å². The predicted octanol–water partition coefficient (Wildman–Crippen LogP) is 2.99. The Kier molecular flexibility index (Phi) is 2.68. The number of anilines is 1. The van der Waals surface area contributed by atoms with Crippen LogP contribution in [0.3, 0.4) is 0 Å². The topological polar surface area (TPSA) is 42.7 Å². The molecule has 0 unspecified atom stereocenters. The van der Waals surface area contributed by atoms with Gasteiger partial charge in [0.1, 0.15) is 6.10 Å². The van der Waals surface area contributed by atoms with Gasteiger partial charge in [-0.1, -0.05) is 13.8 Å². The second kappa shape index (κ2) is 4.36. The third-order valence-electron chi connectivity index (χ3n) is 4.70. The van der Waals surface area contributed by atoms with Crippen LogP contribution in [0.2, 0.25) is 0 Å². The minimum absolute atomic E-state index is 0.319. The van der Waals surface area contributed by atoms with Gasteiger partial charge >= 0.3 is 0 Å². The summed E-state index contributed by atoms with van der Waals surface area (Å²) in [6.07, 6.45) is 6.58. The summed E-state index contributed by atoms with van der Waals surface area (Å²) in [6, 6.07) is 0.915. The summed E-state index contributed by atoms with van der Waals surface area (Å²) in [5, 5.41) is 4.44. The van der Waals surface area contributed by atoms with Crippen LogP contribution >= 0.6 is 0 Å². The standard InChI is InChI=1S/C16H22N4O/c1-9(2)11-7-17-19-8-14-16(18-15(11)19)20(10(3)4)12-5-6-13(12)21-14/h7-10,12-13H,5-6H2,1-4H3/t12-,13+/m0/s1. The lowest BCUT2D eigenvalue weighted by Gasteiger charge is -2.50. The Balaban J connectivity index is 1.90. The SMILES string of the molecule is CC(C)c1cnn2cc3c(nc12)N(C(C)C)[C@H]1CC[C@H]1O3. The van der Waals surface area contributed by atoms with Gasteiger partial charge in [0.05, 0.1) is 18.4 Å². The summed E-state index contributed by atoms with van der Waals surface area (Å²) in [7, 11) is 0. The van der Waals surface area contributed by atoms with E-state index in [4.69, 9.17) is 9.72 Å². The normalized spacial score (nSPS) is 24.0. The van der Waals surface area contributed by atoms with E-state index in [1.807, 2.05) is 16.9 Å². The van der Waals surface area contributed by atoms with E-state index in [0.29, 0.717) is 24.1 Å². The van der Waals surface area contributed by atoms with Gasteiger partial charge in [-0.3, -0.25) is 0 Å². The molecule has 0 radical (unpaired) electrons. The molecule has 0 bridgehead atoms. The van der Waals surface area contributed by atoms with Gasteiger partial charge in [-0.25, -0.2) is 9.50 Å². The molecule has 0 N–H and O–H groups in total. The molecule has 2 atom stereocenters. The number of hydrogen-bond acceptors (Lipinski definition) is 4. The zero-order valence-electron chi connectivity index (χ0n) is 13.1. The third kappa shape index (κ3) is 1.76. The molecule has 2 aromatic heterocycles. The Morgan fingerprint density at radius 2 is 2.05 bits per heavy atom. The van der Waals surface area contributed by atoms with Crippen LogP contribution < -0.4 is 9.64 Å². The number of hydrogen-bond donors (Lipinski definition) is 0. The Bertz CT molecular complexity index is 691. The van der Waals surface area contributed by atoms with Crippen molar-refractivity contribution in [3.8, 4) is 5.75 Å². The van der Waals surface area contributed by atoms with Crippen LogP contribution in [0, 0.1) is 0 Å². The average molecular weight is 286 g/mol. The summed E-state index contributed by atoms with van der Waals surface area (Å²) in [4.78, 5) is 7.35. The van der Waals surface area contributed by atoms with E-state index >= 15 is 0 Å². The van der Waals surface area contributed by atoms with Crippen LogP contribution in [-0.4, -0.2) is 32.8 Å². The highest BCUT2D eigenvalue weighted by atomic mass is 16.5. The highest BCUT2D eigenvalue weighted by Crippen LogP contribution is 2.43. The molecule has 4 rings (SSSR count). The highest BCUT2D eigenvalue weighted by Gasteiger charge is 2.44. The molecule has 1 aliphatic carbocycles. The largest absolute Gasteiger partial charge is 0.483 e. The first-order valence-electron chi connectivity index (χ1n) is 7.89. The number of rotatable bonds is 2. The Morgan fingerprint density at radius 1 is 1.24 bits per heavy atom. The molecule has 21 heavy (non-hydrogen) atoms. The van der Waals surface area contributed by atoms with E-state index in [2.05, 4.69) is 37.7 Å². The molecule has 3 heterocycles. The van der Waals surface area contributed by atoms with Gasteiger partial charge < -0.3 is 9.64 Å². The monoisotopic (exact) mass is 286 g/mol. The average Bonchev–Trinajstić information content (AvgIpc) is 2.81. The molecule has 0 aromatic carbocycles.